The zero-order chi connectivity index (χ0) is 13.6. The third-order valence-electron chi connectivity index (χ3n) is 3.46. The number of nitrogens with zero attached hydrogens (tertiary/aromatic N) is 1. The Labute approximate surface area is 110 Å². The van der Waals surface area contributed by atoms with E-state index in [1.54, 1.807) is 4.31 Å². The molecule has 0 saturated carbocycles. The highest BCUT2D eigenvalue weighted by Gasteiger charge is 2.27. The molecular weight excluding hydrogens is 254 g/mol. The summed E-state index contributed by atoms with van der Waals surface area (Å²) >= 11 is 0. The molecule has 1 fully saturated rings. The molecule has 0 aromatic rings. The van der Waals surface area contributed by atoms with E-state index in [2.05, 4.69) is 11.7 Å². The number of piperidine rings is 1. The fraction of sp³-hybridized carbons (Fsp3) is 0.917. The zero-order valence-electron chi connectivity index (χ0n) is 11.2. The van der Waals surface area contributed by atoms with Crippen molar-refractivity contribution >= 4 is 16.0 Å². The van der Waals surface area contributed by atoms with Gasteiger partial charge in [0.25, 0.3) is 0 Å². The van der Waals surface area contributed by atoms with Gasteiger partial charge >= 0.3 is 5.97 Å². The van der Waals surface area contributed by atoms with Gasteiger partial charge in [0.15, 0.2) is 0 Å². The predicted octanol–water partition coefficient (Wildman–Crippen LogP) is 1.39. The first-order valence-corrected chi connectivity index (χ1v) is 8.15. The van der Waals surface area contributed by atoms with Crippen molar-refractivity contribution in [2.24, 2.45) is 5.92 Å². The first kappa shape index (κ1) is 15.4. The first-order valence-electron chi connectivity index (χ1n) is 6.54. The fourth-order valence-electron chi connectivity index (χ4n) is 2.24. The van der Waals surface area contributed by atoms with Crippen molar-refractivity contribution in [3.8, 4) is 0 Å². The SMILES string of the molecule is CCC1CCCN(S(=O)(=O)CCCC(=O)OC)C1. The molecule has 0 spiro atoms. The normalized spacial score (nSPS) is 21.8. The van der Waals surface area contributed by atoms with Crippen molar-refractivity contribution < 1.29 is 17.9 Å². The lowest BCUT2D eigenvalue weighted by atomic mass is 9.97. The Kier molecular flexibility index (Phi) is 6.08. The summed E-state index contributed by atoms with van der Waals surface area (Å²) in [6.07, 6.45) is 3.58. The van der Waals surface area contributed by atoms with Crippen LogP contribution in [0.3, 0.4) is 0 Å². The summed E-state index contributed by atoms with van der Waals surface area (Å²) in [5, 5.41) is 0. The average molecular weight is 277 g/mol. The lowest BCUT2D eigenvalue weighted by Gasteiger charge is -2.31. The minimum atomic E-state index is -3.20. The van der Waals surface area contributed by atoms with Gasteiger partial charge in [-0.25, -0.2) is 12.7 Å². The second-order valence-electron chi connectivity index (χ2n) is 4.77. The number of hydrogen-bond donors (Lipinski definition) is 0. The Morgan fingerprint density at radius 3 is 2.78 bits per heavy atom. The molecule has 0 radical (unpaired) electrons. The summed E-state index contributed by atoms with van der Waals surface area (Å²) < 4.78 is 30.3. The van der Waals surface area contributed by atoms with Crippen LogP contribution in [0.25, 0.3) is 0 Å². The van der Waals surface area contributed by atoms with Crippen LogP contribution in [0.15, 0.2) is 0 Å². The van der Waals surface area contributed by atoms with Crippen LogP contribution in [0.4, 0.5) is 0 Å². The van der Waals surface area contributed by atoms with E-state index < -0.39 is 10.0 Å². The van der Waals surface area contributed by atoms with Crippen LogP contribution in [0, 0.1) is 5.92 Å². The number of carbonyl (C=O) groups is 1. The first-order chi connectivity index (χ1) is 8.49. The third kappa shape index (κ3) is 4.57. The van der Waals surface area contributed by atoms with Crippen molar-refractivity contribution in [3.63, 3.8) is 0 Å². The van der Waals surface area contributed by atoms with Gasteiger partial charge in [0.1, 0.15) is 0 Å². The van der Waals surface area contributed by atoms with Crippen molar-refractivity contribution in [1.29, 1.82) is 0 Å². The molecule has 1 aliphatic rings. The van der Waals surface area contributed by atoms with Gasteiger partial charge in [-0.1, -0.05) is 13.3 Å². The number of ether oxygens (including phenoxy) is 1. The van der Waals surface area contributed by atoms with Crippen LogP contribution in [-0.2, 0) is 19.6 Å². The van der Waals surface area contributed by atoms with Gasteiger partial charge in [-0.3, -0.25) is 4.79 Å². The topological polar surface area (TPSA) is 63.7 Å². The molecule has 0 N–H and O–H groups in total. The van der Waals surface area contributed by atoms with Crippen LogP contribution in [0.5, 0.6) is 0 Å². The lowest BCUT2D eigenvalue weighted by Crippen LogP contribution is -2.41. The van der Waals surface area contributed by atoms with Gasteiger partial charge in [0.2, 0.25) is 10.0 Å². The summed E-state index contributed by atoms with van der Waals surface area (Å²) in [6, 6.07) is 0. The molecule has 0 amide bonds. The minimum absolute atomic E-state index is 0.0402. The molecule has 0 aromatic carbocycles. The monoisotopic (exact) mass is 277 g/mol. The van der Waals surface area contributed by atoms with Crippen LogP contribution in [-0.4, -0.2) is 44.6 Å². The van der Waals surface area contributed by atoms with E-state index in [1.807, 2.05) is 0 Å². The molecule has 0 aliphatic carbocycles. The second-order valence-corrected chi connectivity index (χ2v) is 6.86. The van der Waals surface area contributed by atoms with E-state index in [1.165, 1.54) is 7.11 Å². The Hall–Kier alpha value is -0.620. The summed E-state index contributed by atoms with van der Waals surface area (Å²) in [7, 11) is -1.89. The average Bonchev–Trinajstić information content (AvgIpc) is 2.38. The Balaban J connectivity index is 2.45. The highest BCUT2D eigenvalue weighted by atomic mass is 32.2. The van der Waals surface area contributed by atoms with Crippen LogP contribution < -0.4 is 0 Å². The van der Waals surface area contributed by atoms with Gasteiger partial charge < -0.3 is 4.74 Å². The molecule has 1 rings (SSSR count). The number of carbonyl (C=O) groups excluding carboxylic acids is 1. The van der Waals surface area contributed by atoms with Crippen molar-refractivity contribution in [2.45, 2.75) is 39.0 Å². The molecule has 6 heteroatoms. The molecule has 5 nitrogen and oxygen atoms in total. The van der Waals surface area contributed by atoms with Crippen LogP contribution in [0.1, 0.15) is 39.0 Å². The molecule has 1 heterocycles. The largest absolute Gasteiger partial charge is 0.469 e. The van der Waals surface area contributed by atoms with Crippen LogP contribution in [0.2, 0.25) is 0 Å². The van der Waals surface area contributed by atoms with Crippen LogP contribution >= 0.6 is 0 Å². The standard InChI is InChI=1S/C12H23NO4S/c1-3-11-6-4-8-13(10-11)18(15,16)9-5-7-12(14)17-2/h11H,3-10H2,1-2H3. The maximum Gasteiger partial charge on any atom is 0.305 e. The maximum atomic E-state index is 12.1. The van der Waals surface area contributed by atoms with Crippen molar-refractivity contribution in [1.82, 2.24) is 4.31 Å². The summed E-state index contributed by atoms with van der Waals surface area (Å²) in [4.78, 5) is 10.9. The van der Waals surface area contributed by atoms with E-state index in [-0.39, 0.29) is 18.1 Å². The maximum absolute atomic E-state index is 12.1. The van der Waals surface area contributed by atoms with Gasteiger partial charge in [0.05, 0.1) is 12.9 Å². The number of sulfonamides is 1. The van der Waals surface area contributed by atoms with Gasteiger partial charge in [0, 0.05) is 19.5 Å². The fourth-order valence-corrected chi connectivity index (χ4v) is 3.86. The molecule has 1 aliphatic heterocycles. The molecular formula is C12H23NO4S. The quantitative estimate of drug-likeness (QED) is 0.688. The number of methoxy groups -OCH3 is 1. The van der Waals surface area contributed by atoms with E-state index in [9.17, 15) is 13.2 Å². The molecule has 1 unspecified atom stereocenters. The predicted molar refractivity (Wildman–Crippen MR) is 69.6 cm³/mol. The molecule has 1 atom stereocenters. The minimum Gasteiger partial charge on any atom is -0.469 e. The molecule has 18 heavy (non-hydrogen) atoms. The van der Waals surface area contributed by atoms with E-state index >= 15 is 0 Å². The van der Waals surface area contributed by atoms with E-state index in [0.29, 0.717) is 25.4 Å². The number of rotatable bonds is 6. The Morgan fingerprint density at radius 2 is 2.17 bits per heavy atom. The van der Waals surface area contributed by atoms with Crippen molar-refractivity contribution in [3.05, 3.63) is 0 Å². The van der Waals surface area contributed by atoms with Crippen molar-refractivity contribution in [2.75, 3.05) is 26.0 Å². The molecule has 1 saturated heterocycles. The Bertz CT molecular complexity index is 366. The summed E-state index contributed by atoms with van der Waals surface area (Å²) in [5.74, 6) is 0.169. The number of esters is 1. The highest BCUT2D eigenvalue weighted by Crippen LogP contribution is 2.22. The van der Waals surface area contributed by atoms with Gasteiger partial charge in [-0.05, 0) is 25.2 Å². The molecule has 106 valence electrons. The lowest BCUT2D eigenvalue weighted by molar-refractivity contribution is -0.140. The third-order valence-corrected chi connectivity index (χ3v) is 5.39. The van der Waals surface area contributed by atoms with Gasteiger partial charge in [-0.15, -0.1) is 0 Å². The number of hydrogen-bond acceptors (Lipinski definition) is 4. The zero-order valence-corrected chi connectivity index (χ0v) is 12.0. The van der Waals surface area contributed by atoms with Gasteiger partial charge in [-0.2, -0.15) is 0 Å². The second kappa shape index (κ2) is 7.09. The van der Waals surface area contributed by atoms with E-state index in [0.717, 1.165) is 19.3 Å². The highest BCUT2D eigenvalue weighted by molar-refractivity contribution is 7.89. The van der Waals surface area contributed by atoms with E-state index in [4.69, 9.17) is 0 Å². The molecule has 0 aromatic heterocycles. The summed E-state index contributed by atoms with van der Waals surface area (Å²) in [5.41, 5.74) is 0. The smallest absolute Gasteiger partial charge is 0.305 e. The summed E-state index contributed by atoms with van der Waals surface area (Å²) in [6.45, 7) is 3.35. The Morgan fingerprint density at radius 1 is 1.44 bits per heavy atom. The molecule has 0 bridgehead atoms.